The van der Waals surface area contributed by atoms with Crippen LogP contribution >= 0.6 is 0 Å². The van der Waals surface area contributed by atoms with Gasteiger partial charge in [-0.3, -0.25) is 0 Å². The molecule has 2 aromatic rings. The molecule has 0 spiro atoms. The zero-order chi connectivity index (χ0) is 20.5. The summed E-state index contributed by atoms with van der Waals surface area (Å²) >= 11 is 0. The highest BCUT2D eigenvalue weighted by Gasteiger charge is 2.31. The molecule has 0 fully saturated rings. The fraction of sp³-hybridized carbons (Fsp3) is 0.480. The van der Waals surface area contributed by atoms with E-state index in [2.05, 4.69) is 43.3 Å². The van der Waals surface area contributed by atoms with E-state index in [1.165, 1.54) is 5.56 Å². The number of benzene rings is 2. The number of hydrogen-bond donors (Lipinski definition) is 0. The van der Waals surface area contributed by atoms with Gasteiger partial charge >= 0.3 is 6.09 Å². The van der Waals surface area contributed by atoms with Crippen molar-refractivity contribution < 1.29 is 9.53 Å². The Balaban J connectivity index is 2.41. The highest BCUT2D eigenvalue weighted by Crippen LogP contribution is 2.38. The number of unbranched alkanes of at least 4 members (excludes halogenated alkanes) is 1. The van der Waals surface area contributed by atoms with Crippen LogP contribution in [0.5, 0.6) is 0 Å². The fourth-order valence-electron chi connectivity index (χ4n) is 3.83. The van der Waals surface area contributed by atoms with E-state index < -0.39 is 0 Å². The molecular weight excluding hydrogens is 346 g/mol. The average Bonchev–Trinajstić information content (AvgIpc) is 2.68. The monoisotopic (exact) mass is 381 g/mol. The van der Waals surface area contributed by atoms with Crippen LogP contribution in [0.1, 0.15) is 77.0 Å². The molecule has 0 N–H and O–H groups in total. The Morgan fingerprint density at radius 2 is 1.36 bits per heavy atom. The van der Waals surface area contributed by atoms with E-state index in [-0.39, 0.29) is 30.2 Å². The van der Waals surface area contributed by atoms with Crippen molar-refractivity contribution in [2.45, 2.75) is 78.0 Å². The molecule has 28 heavy (non-hydrogen) atoms. The molecule has 2 aromatic carbocycles. The van der Waals surface area contributed by atoms with Gasteiger partial charge in [0.25, 0.3) is 0 Å². The minimum absolute atomic E-state index is 0.0924. The average molecular weight is 382 g/mol. The second kappa shape index (κ2) is 10.9. The zero-order valence-corrected chi connectivity index (χ0v) is 18.0. The first-order chi connectivity index (χ1) is 13.5. The van der Waals surface area contributed by atoms with E-state index in [4.69, 9.17) is 4.74 Å². The summed E-state index contributed by atoms with van der Waals surface area (Å²) < 4.78 is 6.22. The van der Waals surface area contributed by atoms with Gasteiger partial charge in [0, 0.05) is 18.0 Å². The summed E-state index contributed by atoms with van der Waals surface area (Å²) in [5, 5.41) is 0. The van der Waals surface area contributed by atoms with Gasteiger partial charge in [-0.2, -0.15) is 0 Å². The quantitative estimate of drug-likeness (QED) is 0.470. The highest BCUT2D eigenvalue weighted by atomic mass is 16.6. The number of carbonyl (C=O) groups is 1. The van der Waals surface area contributed by atoms with Crippen LogP contribution in [0, 0.1) is 0 Å². The van der Waals surface area contributed by atoms with Gasteiger partial charge in [-0.05, 0) is 45.2 Å². The normalized spacial score (nSPS) is 13.4. The summed E-state index contributed by atoms with van der Waals surface area (Å²) in [5.41, 5.74) is 2.27. The predicted molar refractivity (Wildman–Crippen MR) is 116 cm³/mol. The lowest BCUT2D eigenvalue weighted by Gasteiger charge is -2.34. The molecule has 0 saturated heterocycles. The maximum absolute atomic E-state index is 13.1. The minimum atomic E-state index is -0.303. The van der Waals surface area contributed by atoms with Crippen LogP contribution in [-0.4, -0.2) is 23.1 Å². The summed E-state index contributed by atoms with van der Waals surface area (Å²) in [4.78, 5) is 14.9. The second-order valence-electron chi connectivity index (χ2n) is 7.97. The van der Waals surface area contributed by atoms with Crippen LogP contribution in [0.3, 0.4) is 0 Å². The molecule has 0 aliphatic rings. The molecule has 2 atom stereocenters. The number of nitrogens with zero attached hydrogens (tertiary/aromatic N) is 1. The van der Waals surface area contributed by atoms with E-state index in [0.29, 0.717) is 0 Å². The highest BCUT2D eigenvalue weighted by molar-refractivity contribution is 5.69. The minimum Gasteiger partial charge on any atom is -0.441 e. The van der Waals surface area contributed by atoms with Gasteiger partial charge in [-0.15, -0.1) is 0 Å². The smallest absolute Gasteiger partial charge is 0.410 e. The molecule has 0 aromatic heterocycles. The first kappa shape index (κ1) is 22.0. The molecule has 0 saturated carbocycles. The molecule has 3 heteroatoms. The number of ether oxygens (including phenoxy) is 1. The lowest BCUT2D eigenvalue weighted by molar-refractivity contribution is 0.0322. The van der Waals surface area contributed by atoms with Gasteiger partial charge in [0.2, 0.25) is 0 Å². The Morgan fingerprint density at radius 1 is 0.857 bits per heavy atom. The van der Waals surface area contributed by atoms with Gasteiger partial charge in [0.1, 0.15) is 6.10 Å². The standard InChI is InChI=1S/C25H35NO2/c1-6-7-18-23(21-14-10-8-11-15-21)24(22-16-12-9-13-17-22)28-25(27)26(19(2)3)20(4)5/h8-17,19-20,23-24H,6-7,18H2,1-5H3/t23-,24+/m0/s1. The Morgan fingerprint density at radius 3 is 1.82 bits per heavy atom. The van der Waals surface area contributed by atoms with Gasteiger partial charge in [-0.1, -0.05) is 80.4 Å². The number of amides is 1. The molecule has 2 rings (SSSR count). The van der Waals surface area contributed by atoms with E-state index in [1.807, 2.05) is 56.9 Å². The van der Waals surface area contributed by atoms with Crippen LogP contribution < -0.4 is 0 Å². The maximum atomic E-state index is 13.1. The lowest BCUT2D eigenvalue weighted by atomic mass is 9.85. The van der Waals surface area contributed by atoms with Crippen LogP contribution in [0.4, 0.5) is 4.79 Å². The van der Waals surface area contributed by atoms with Crippen molar-refractivity contribution in [3.8, 4) is 0 Å². The van der Waals surface area contributed by atoms with E-state index in [1.54, 1.807) is 0 Å². The van der Waals surface area contributed by atoms with Crippen LogP contribution in [0.15, 0.2) is 60.7 Å². The Hall–Kier alpha value is -2.29. The van der Waals surface area contributed by atoms with Crippen molar-refractivity contribution >= 4 is 6.09 Å². The molecular formula is C25H35NO2. The molecule has 0 aliphatic heterocycles. The third-order valence-electron chi connectivity index (χ3n) is 5.14. The summed E-state index contributed by atoms with van der Waals surface area (Å²) in [6.07, 6.45) is 2.65. The number of hydrogen-bond acceptors (Lipinski definition) is 2. The summed E-state index contributed by atoms with van der Waals surface area (Å²) in [6.45, 7) is 10.3. The predicted octanol–water partition coefficient (Wildman–Crippen LogP) is 6.96. The van der Waals surface area contributed by atoms with Gasteiger partial charge < -0.3 is 9.64 Å². The summed E-state index contributed by atoms with van der Waals surface area (Å²) in [5.74, 6) is 0.133. The van der Waals surface area contributed by atoms with Gasteiger partial charge in [0.15, 0.2) is 0 Å². The first-order valence-electron chi connectivity index (χ1n) is 10.5. The van der Waals surface area contributed by atoms with Crippen molar-refractivity contribution in [3.63, 3.8) is 0 Å². The topological polar surface area (TPSA) is 29.5 Å². The van der Waals surface area contributed by atoms with Crippen LogP contribution in [-0.2, 0) is 4.74 Å². The van der Waals surface area contributed by atoms with Gasteiger partial charge in [0.05, 0.1) is 0 Å². The molecule has 3 nitrogen and oxygen atoms in total. The first-order valence-corrected chi connectivity index (χ1v) is 10.5. The van der Waals surface area contributed by atoms with E-state index >= 15 is 0 Å². The van der Waals surface area contributed by atoms with Crippen LogP contribution in [0.25, 0.3) is 0 Å². The van der Waals surface area contributed by atoms with Crippen molar-refractivity contribution in [2.75, 3.05) is 0 Å². The lowest BCUT2D eigenvalue weighted by Crippen LogP contribution is -2.43. The fourth-order valence-corrected chi connectivity index (χ4v) is 3.83. The SMILES string of the molecule is CCCC[C@@H](c1ccccc1)[C@H](OC(=O)N(C(C)C)C(C)C)c1ccccc1. The third kappa shape index (κ3) is 5.85. The molecule has 1 amide bonds. The molecule has 152 valence electrons. The van der Waals surface area contributed by atoms with Gasteiger partial charge in [-0.25, -0.2) is 4.79 Å². The van der Waals surface area contributed by atoms with Crippen LogP contribution in [0.2, 0.25) is 0 Å². The van der Waals surface area contributed by atoms with Crippen molar-refractivity contribution in [1.29, 1.82) is 0 Å². The molecule has 0 unspecified atom stereocenters. The Bertz CT molecular complexity index is 689. The second-order valence-corrected chi connectivity index (χ2v) is 7.97. The van der Waals surface area contributed by atoms with Crippen molar-refractivity contribution in [3.05, 3.63) is 71.8 Å². The number of rotatable bonds is 9. The molecule has 0 radical (unpaired) electrons. The van der Waals surface area contributed by atoms with Crippen molar-refractivity contribution in [1.82, 2.24) is 4.90 Å². The molecule has 0 bridgehead atoms. The zero-order valence-electron chi connectivity index (χ0n) is 18.0. The third-order valence-corrected chi connectivity index (χ3v) is 5.14. The maximum Gasteiger partial charge on any atom is 0.410 e. The number of carbonyl (C=O) groups excluding carboxylic acids is 1. The molecule has 0 aliphatic carbocycles. The summed E-state index contributed by atoms with van der Waals surface area (Å²) in [7, 11) is 0. The largest absolute Gasteiger partial charge is 0.441 e. The Labute approximate surface area is 170 Å². The molecule has 0 heterocycles. The van der Waals surface area contributed by atoms with E-state index in [0.717, 1.165) is 24.8 Å². The van der Waals surface area contributed by atoms with E-state index in [9.17, 15) is 4.79 Å². The summed E-state index contributed by atoms with van der Waals surface area (Å²) in [6, 6.07) is 20.8. The van der Waals surface area contributed by atoms with Crippen molar-refractivity contribution in [2.24, 2.45) is 0 Å². The Kier molecular flexibility index (Phi) is 8.56.